The van der Waals surface area contributed by atoms with Gasteiger partial charge < -0.3 is 10.9 Å². The summed E-state index contributed by atoms with van der Waals surface area (Å²) in [6.07, 6.45) is 1.74. The van der Waals surface area contributed by atoms with E-state index in [0.717, 1.165) is 5.69 Å². The Hall–Kier alpha value is -1.58. The van der Waals surface area contributed by atoms with Gasteiger partial charge in [-0.3, -0.25) is 4.98 Å². The summed E-state index contributed by atoms with van der Waals surface area (Å²) < 4.78 is 5.53. The largest absolute Gasteiger partial charge is 0.486 e. The predicted molar refractivity (Wildman–Crippen MR) is 65.0 cm³/mol. The normalized spacial score (nSPS) is 9.31. The molecule has 2 rings (SSSR count). The smallest absolute Gasteiger partial charge is 0.138 e. The fourth-order valence-corrected chi connectivity index (χ4v) is 1.39. The van der Waals surface area contributed by atoms with Crippen molar-refractivity contribution in [3.8, 4) is 5.75 Å². The van der Waals surface area contributed by atoms with E-state index in [1.807, 2.05) is 36.4 Å². The first kappa shape index (κ1) is 12.5. The molecule has 3 nitrogen and oxygen atoms in total. The molecular formula is C12H13ClN2O. The molecule has 0 saturated heterocycles. The van der Waals surface area contributed by atoms with Crippen LogP contribution in [0.15, 0.2) is 48.7 Å². The van der Waals surface area contributed by atoms with Gasteiger partial charge in [0.1, 0.15) is 12.4 Å². The first-order valence-electron chi connectivity index (χ1n) is 4.63. The van der Waals surface area contributed by atoms with Crippen LogP contribution in [0.2, 0.25) is 5.02 Å². The van der Waals surface area contributed by atoms with Crippen LogP contribution in [-0.4, -0.2) is 4.98 Å². The summed E-state index contributed by atoms with van der Waals surface area (Å²) in [4.78, 5) is 4.16. The monoisotopic (exact) mass is 236 g/mol. The number of rotatable bonds is 3. The van der Waals surface area contributed by atoms with Gasteiger partial charge in [0, 0.05) is 6.20 Å². The predicted octanol–water partition coefficient (Wildman–Crippen LogP) is 3.48. The van der Waals surface area contributed by atoms with Crippen LogP contribution in [0.25, 0.3) is 0 Å². The quantitative estimate of drug-likeness (QED) is 0.888. The first-order chi connectivity index (χ1) is 7.36. The van der Waals surface area contributed by atoms with Crippen LogP contribution in [0, 0.1) is 0 Å². The topological polar surface area (TPSA) is 57.1 Å². The van der Waals surface area contributed by atoms with Crippen LogP contribution >= 0.6 is 11.6 Å². The van der Waals surface area contributed by atoms with Crippen molar-refractivity contribution in [3.63, 3.8) is 0 Å². The highest BCUT2D eigenvalue weighted by atomic mass is 35.5. The van der Waals surface area contributed by atoms with E-state index in [0.29, 0.717) is 17.4 Å². The molecule has 3 N–H and O–H groups in total. The Morgan fingerprint density at radius 1 is 1.06 bits per heavy atom. The van der Waals surface area contributed by atoms with Crippen LogP contribution in [0.4, 0.5) is 0 Å². The minimum atomic E-state index is 0. The molecule has 0 bridgehead atoms. The minimum absolute atomic E-state index is 0. The average Bonchev–Trinajstić information content (AvgIpc) is 2.29. The van der Waals surface area contributed by atoms with Crippen molar-refractivity contribution in [3.05, 3.63) is 59.4 Å². The molecule has 0 unspecified atom stereocenters. The number of benzene rings is 1. The van der Waals surface area contributed by atoms with Gasteiger partial charge in [0.2, 0.25) is 0 Å². The highest BCUT2D eigenvalue weighted by Crippen LogP contribution is 2.23. The van der Waals surface area contributed by atoms with Crippen molar-refractivity contribution in [2.45, 2.75) is 6.61 Å². The Labute approximate surface area is 99.6 Å². The molecule has 0 atom stereocenters. The van der Waals surface area contributed by atoms with E-state index >= 15 is 0 Å². The van der Waals surface area contributed by atoms with Gasteiger partial charge in [0.25, 0.3) is 0 Å². The molecule has 4 heteroatoms. The van der Waals surface area contributed by atoms with Gasteiger partial charge in [-0.25, -0.2) is 0 Å². The van der Waals surface area contributed by atoms with E-state index in [2.05, 4.69) is 4.98 Å². The van der Waals surface area contributed by atoms with Gasteiger partial charge in [-0.2, -0.15) is 0 Å². The fraction of sp³-hybridized carbons (Fsp3) is 0.0833. The van der Waals surface area contributed by atoms with Crippen molar-refractivity contribution in [1.29, 1.82) is 0 Å². The van der Waals surface area contributed by atoms with Crippen LogP contribution in [-0.2, 0) is 6.61 Å². The molecule has 16 heavy (non-hydrogen) atoms. The second-order valence-electron chi connectivity index (χ2n) is 3.04. The van der Waals surface area contributed by atoms with Crippen LogP contribution in [0.5, 0.6) is 5.75 Å². The number of aromatic nitrogens is 1. The number of hydrogen-bond acceptors (Lipinski definition) is 3. The lowest BCUT2D eigenvalue weighted by atomic mass is 10.3. The van der Waals surface area contributed by atoms with E-state index in [-0.39, 0.29) is 6.15 Å². The van der Waals surface area contributed by atoms with E-state index in [9.17, 15) is 0 Å². The molecule has 0 fully saturated rings. The maximum atomic E-state index is 5.95. The number of para-hydroxylation sites is 1. The van der Waals surface area contributed by atoms with Crippen molar-refractivity contribution in [2.24, 2.45) is 0 Å². The van der Waals surface area contributed by atoms with Crippen molar-refractivity contribution >= 4 is 11.6 Å². The Bertz CT molecular complexity index is 434. The summed E-state index contributed by atoms with van der Waals surface area (Å²) >= 11 is 5.95. The maximum Gasteiger partial charge on any atom is 0.138 e. The zero-order valence-corrected chi connectivity index (χ0v) is 9.52. The zero-order valence-electron chi connectivity index (χ0n) is 8.77. The van der Waals surface area contributed by atoms with Gasteiger partial charge in [0.05, 0.1) is 10.7 Å². The molecule has 1 aromatic heterocycles. The van der Waals surface area contributed by atoms with Crippen molar-refractivity contribution in [1.82, 2.24) is 11.1 Å². The molecule has 0 aliphatic heterocycles. The van der Waals surface area contributed by atoms with Gasteiger partial charge in [-0.1, -0.05) is 29.8 Å². The summed E-state index contributed by atoms with van der Waals surface area (Å²) in [6.45, 7) is 0.435. The third-order valence-electron chi connectivity index (χ3n) is 1.94. The fourth-order valence-electron chi connectivity index (χ4n) is 1.20. The molecule has 0 radical (unpaired) electrons. The van der Waals surface area contributed by atoms with Crippen molar-refractivity contribution in [2.75, 3.05) is 0 Å². The van der Waals surface area contributed by atoms with E-state index < -0.39 is 0 Å². The Morgan fingerprint density at radius 2 is 1.81 bits per heavy atom. The molecule has 0 aliphatic rings. The molecule has 1 heterocycles. The lowest BCUT2D eigenvalue weighted by Crippen LogP contribution is -1.97. The third-order valence-corrected chi connectivity index (χ3v) is 2.25. The molecule has 1 aromatic carbocycles. The Balaban J connectivity index is 0.00000128. The lowest BCUT2D eigenvalue weighted by Gasteiger charge is -2.06. The van der Waals surface area contributed by atoms with Gasteiger partial charge >= 0.3 is 0 Å². The first-order valence-corrected chi connectivity index (χ1v) is 5.01. The maximum absolute atomic E-state index is 5.95. The Kier molecular flexibility index (Phi) is 4.76. The molecule has 0 amide bonds. The van der Waals surface area contributed by atoms with Crippen LogP contribution in [0.1, 0.15) is 5.69 Å². The van der Waals surface area contributed by atoms with Gasteiger partial charge in [-0.05, 0) is 24.3 Å². The number of halogens is 1. The standard InChI is InChI=1S/C12H10ClNO.H3N/c13-11-6-1-2-7-12(11)15-9-10-5-3-4-8-14-10;/h1-8H,9H2;1H3. The zero-order chi connectivity index (χ0) is 10.5. The SMILES string of the molecule is Clc1ccccc1OCc1ccccn1.N. The molecule has 0 spiro atoms. The molecule has 84 valence electrons. The van der Waals surface area contributed by atoms with Gasteiger partial charge in [-0.15, -0.1) is 0 Å². The number of nitrogens with zero attached hydrogens (tertiary/aromatic N) is 1. The van der Waals surface area contributed by atoms with E-state index in [1.54, 1.807) is 12.3 Å². The summed E-state index contributed by atoms with van der Waals surface area (Å²) in [5, 5.41) is 0.619. The number of ether oxygens (including phenoxy) is 1. The molecule has 0 saturated carbocycles. The molecule has 2 aromatic rings. The summed E-state index contributed by atoms with van der Waals surface area (Å²) in [5.74, 6) is 0.685. The lowest BCUT2D eigenvalue weighted by molar-refractivity contribution is 0.301. The Morgan fingerprint density at radius 3 is 2.50 bits per heavy atom. The highest BCUT2D eigenvalue weighted by Gasteiger charge is 2.00. The second kappa shape index (κ2) is 6.10. The number of hydrogen-bond donors (Lipinski definition) is 1. The van der Waals surface area contributed by atoms with E-state index in [4.69, 9.17) is 16.3 Å². The third kappa shape index (κ3) is 3.22. The second-order valence-corrected chi connectivity index (χ2v) is 3.45. The average molecular weight is 237 g/mol. The highest BCUT2D eigenvalue weighted by molar-refractivity contribution is 6.32. The minimum Gasteiger partial charge on any atom is -0.486 e. The van der Waals surface area contributed by atoms with Crippen LogP contribution in [0.3, 0.4) is 0 Å². The summed E-state index contributed by atoms with van der Waals surface area (Å²) in [7, 11) is 0. The summed E-state index contributed by atoms with van der Waals surface area (Å²) in [5.41, 5.74) is 0.886. The van der Waals surface area contributed by atoms with Gasteiger partial charge in [0.15, 0.2) is 0 Å². The van der Waals surface area contributed by atoms with Crippen molar-refractivity contribution < 1.29 is 4.74 Å². The number of pyridine rings is 1. The molecule has 0 aliphatic carbocycles. The van der Waals surface area contributed by atoms with Crippen LogP contribution < -0.4 is 10.9 Å². The van der Waals surface area contributed by atoms with E-state index in [1.165, 1.54) is 0 Å². The summed E-state index contributed by atoms with van der Waals surface area (Å²) in [6, 6.07) is 13.1. The molecular weight excluding hydrogens is 224 g/mol.